The number of aromatic nitrogens is 12. The van der Waals surface area contributed by atoms with Crippen LogP contribution < -0.4 is 36.2 Å². The molecular formula is C98H83Cl7F3N19O14S3. The molecule has 1 unspecified atom stereocenters. The lowest BCUT2D eigenvalue weighted by Gasteiger charge is -2.20. The number of nitrogens with zero attached hydrogens (tertiary/aromatic N) is 13. The molecule has 46 heteroatoms. The van der Waals surface area contributed by atoms with Crippen LogP contribution >= 0.6 is 81.2 Å². The van der Waals surface area contributed by atoms with E-state index in [9.17, 15) is 77.4 Å². The summed E-state index contributed by atoms with van der Waals surface area (Å²) in [5, 5.41) is 32.8. The smallest absolute Gasteiger partial charge is 0.339 e. The molecule has 144 heavy (non-hydrogen) atoms. The fourth-order valence-corrected chi connectivity index (χ4v) is 20.4. The second-order valence-electron chi connectivity index (χ2n) is 31.2. The van der Waals surface area contributed by atoms with E-state index in [1.54, 1.807) is 175 Å². The minimum atomic E-state index is -4.10. The zero-order chi connectivity index (χ0) is 105. The summed E-state index contributed by atoms with van der Waals surface area (Å²) < 4.78 is 121. The minimum absolute atomic E-state index is 0.00286. The number of aryl methyl sites for hydroxylation is 2. The first kappa shape index (κ1) is 110. The van der Waals surface area contributed by atoms with Crippen molar-refractivity contribution in [3.05, 3.63) is 341 Å². The van der Waals surface area contributed by atoms with Crippen molar-refractivity contribution in [3.8, 4) is 55.6 Å². The number of benzene rings is 4. The van der Waals surface area contributed by atoms with Gasteiger partial charge in [0.2, 0.25) is 33.7 Å². The molecule has 0 saturated heterocycles. The third-order valence-electron chi connectivity index (χ3n) is 20.8. The minimum Gasteiger partial charge on any atom is -0.478 e. The average Bonchev–Trinajstić information content (AvgIpc) is 0.776. The van der Waals surface area contributed by atoms with Crippen molar-refractivity contribution < 1.29 is 77.4 Å². The third kappa shape index (κ3) is 29.2. The number of pyridine rings is 10. The molecule has 0 aliphatic carbocycles. The summed E-state index contributed by atoms with van der Waals surface area (Å²) >= 11 is 42.2. The number of aliphatic hydroxyl groups excluding tert-OH is 1. The van der Waals surface area contributed by atoms with Gasteiger partial charge in [-0.2, -0.15) is 0 Å². The SMILES string of the molecule is CC(=O)Nc1cc(-c2cnc(C)c(N(C)C(=O)c3ccc(F)cc3F)c2)ccn1.CC(=O)Nc1cc(-c2cnc(Cl)c(CS(=O)(=O)c3cc(Cl)ccc3Cl)c2C)ccn1.CC(=O)Nc1cc(-c2cnc(Cl)c(CS(=O)(=O)c3ccc(Cl)cc3F)c2C)ccn1.CC(=O)Nc1cc(-c2cnc(Cl)c(S(=O)(=O)NC(CO)c3ccccc3)c2)ccn1.Cc1nccc(Nc2cc(-c3cnc(Cl)c(C(=O)O)c3C)ccn2)n1. The Morgan fingerprint density at radius 2 is 0.847 bits per heavy atom. The highest BCUT2D eigenvalue weighted by Crippen LogP contribution is 2.39. The number of sulfone groups is 2. The van der Waals surface area contributed by atoms with Crippen molar-refractivity contribution in [1.82, 2.24) is 64.5 Å². The summed E-state index contributed by atoms with van der Waals surface area (Å²) in [6.07, 6.45) is 17.0. The highest BCUT2D eigenvalue weighted by atomic mass is 35.5. The normalized spacial score (nSPS) is 11.3. The van der Waals surface area contributed by atoms with Gasteiger partial charge in [0.15, 0.2) is 19.7 Å². The van der Waals surface area contributed by atoms with E-state index in [0.29, 0.717) is 131 Å². The Labute approximate surface area is 858 Å². The molecule has 0 saturated carbocycles. The van der Waals surface area contributed by atoms with Crippen molar-refractivity contribution in [1.29, 1.82) is 0 Å². The van der Waals surface area contributed by atoms with Gasteiger partial charge in [-0.25, -0.2) is 103 Å². The number of anilines is 7. The number of carboxylic acids is 1. The molecule has 1 atom stereocenters. The summed E-state index contributed by atoms with van der Waals surface area (Å²) in [5.41, 5.74) is 10.3. The van der Waals surface area contributed by atoms with Crippen LogP contribution in [0.15, 0.2) is 247 Å². The van der Waals surface area contributed by atoms with Gasteiger partial charge in [-0.1, -0.05) is 112 Å². The quantitative estimate of drug-likeness (QED) is 0.0246. The highest BCUT2D eigenvalue weighted by molar-refractivity contribution is 7.91. The first-order valence-corrected chi connectivity index (χ1v) is 49.7. The van der Waals surface area contributed by atoms with Gasteiger partial charge in [-0.15, -0.1) is 0 Å². The van der Waals surface area contributed by atoms with E-state index < -0.39 is 88.1 Å². The van der Waals surface area contributed by atoms with Crippen LogP contribution in [0, 0.1) is 52.1 Å². The third-order valence-corrected chi connectivity index (χ3v) is 27.9. The number of sulfonamides is 1. The molecule has 15 aromatic rings. The summed E-state index contributed by atoms with van der Waals surface area (Å²) in [4.78, 5) is 119. The number of carboxylic acid groups (broad SMARTS) is 1. The van der Waals surface area contributed by atoms with Crippen molar-refractivity contribution in [3.63, 3.8) is 0 Å². The summed E-state index contributed by atoms with van der Waals surface area (Å²) in [7, 11) is -10.5. The number of carbonyl (C=O) groups excluding carboxylic acids is 5. The van der Waals surface area contributed by atoms with Gasteiger partial charge in [0.25, 0.3) is 5.91 Å². The Morgan fingerprint density at radius 3 is 1.33 bits per heavy atom. The van der Waals surface area contributed by atoms with Crippen LogP contribution in [0.5, 0.6) is 0 Å². The van der Waals surface area contributed by atoms with Crippen LogP contribution in [-0.2, 0) is 60.4 Å². The summed E-state index contributed by atoms with van der Waals surface area (Å²) in [5.74, 6) is -3.11. The lowest BCUT2D eigenvalue weighted by atomic mass is 10.00. The molecule has 8 N–H and O–H groups in total. The van der Waals surface area contributed by atoms with Crippen molar-refractivity contribution in [2.24, 2.45) is 0 Å². The molecule has 33 nitrogen and oxygen atoms in total. The number of nitrogens with one attached hydrogen (secondary N) is 6. The number of aromatic carboxylic acids is 1. The molecule has 0 radical (unpaired) electrons. The largest absolute Gasteiger partial charge is 0.478 e. The number of hydrogen-bond donors (Lipinski definition) is 8. The van der Waals surface area contributed by atoms with E-state index in [1.165, 1.54) is 101 Å². The number of hydrogen-bond acceptors (Lipinski definition) is 26. The van der Waals surface area contributed by atoms with Gasteiger partial charge in [0, 0.05) is 158 Å². The van der Waals surface area contributed by atoms with E-state index in [-0.39, 0.29) is 85.8 Å². The van der Waals surface area contributed by atoms with Crippen LogP contribution in [0.1, 0.15) is 99.4 Å². The molecular weight excluding hydrogens is 2070 g/mol. The van der Waals surface area contributed by atoms with Crippen LogP contribution in [-0.4, -0.2) is 144 Å². The highest BCUT2D eigenvalue weighted by Gasteiger charge is 2.30. The predicted molar refractivity (Wildman–Crippen MR) is 546 cm³/mol. The van der Waals surface area contributed by atoms with E-state index in [2.05, 4.69) is 91.1 Å². The fraction of sp³-hybridized carbons (Fsp3) is 0.143. The fourth-order valence-electron chi connectivity index (χ4n) is 13.9. The molecule has 0 spiro atoms. The van der Waals surface area contributed by atoms with Gasteiger partial charge >= 0.3 is 5.97 Å². The molecule has 11 heterocycles. The predicted octanol–water partition coefficient (Wildman–Crippen LogP) is 20.6. The van der Waals surface area contributed by atoms with Crippen LogP contribution in [0.25, 0.3) is 55.6 Å². The first-order valence-electron chi connectivity index (χ1n) is 42.2. The Balaban J connectivity index is 0.000000172. The lowest BCUT2D eigenvalue weighted by molar-refractivity contribution is -0.115. The molecule has 742 valence electrons. The molecule has 11 aromatic heterocycles. The number of halogens is 10. The Morgan fingerprint density at radius 1 is 0.410 bits per heavy atom. The Hall–Kier alpha value is -14.3. The molecule has 0 aliphatic heterocycles. The van der Waals surface area contributed by atoms with Crippen molar-refractivity contribution in [2.45, 2.75) is 94.5 Å². The van der Waals surface area contributed by atoms with E-state index in [4.69, 9.17) is 81.2 Å². The molecule has 0 fully saturated rings. The van der Waals surface area contributed by atoms with Gasteiger partial charge in [0.05, 0.1) is 51.0 Å². The number of amides is 5. The molecule has 4 aromatic carbocycles. The average molecular weight is 2150 g/mol. The summed E-state index contributed by atoms with van der Waals surface area (Å²) in [6, 6.07) is 40.1. The maximum atomic E-state index is 14.2. The zero-order valence-corrected chi connectivity index (χ0v) is 85.0. The second kappa shape index (κ2) is 49.1. The van der Waals surface area contributed by atoms with Gasteiger partial charge in [-0.3, -0.25) is 29.0 Å². The Bertz CT molecular complexity index is 7820. The second-order valence-corrected chi connectivity index (χ2v) is 39.5. The van der Waals surface area contributed by atoms with Crippen LogP contribution in [0.2, 0.25) is 35.7 Å². The molecule has 0 bridgehead atoms. The van der Waals surface area contributed by atoms with E-state index >= 15 is 0 Å². The maximum Gasteiger partial charge on any atom is 0.339 e. The zero-order valence-electron chi connectivity index (χ0n) is 77.2. The van der Waals surface area contributed by atoms with Crippen LogP contribution in [0.3, 0.4) is 0 Å². The van der Waals surface area contributed by atoms with Crippen LogP contribution in [0.4, 0.5) is 53.8 Å². The van der Waals surface area contributed by atoms with E-state index in [0.717, 1.165) is 35.4 Å². The van der Waals surface area contributed by atoms with Gasteiger partial charge < -0.3 is 41.7 Å². The lowest BCUT2D eigenvalue weighted by Crippen LogP contribution is -2.31. The number of aliphatic hydroxyl groups is 1. The standard InChI is InChI=1S/C21H18F2N4O2.C20H16Cl3N3O3S.C20H16Cl2FN3O3S.C20H19ClN4O4S.C17H14ClN5O2/c1-12-19(27(3)21(29)17-5-4-16(22)10-18(17)23)8-15(11-25-12)14-6-7-24-20(9-14)26-13(2)28;1-11-15(13-5-6-24-19(7-13)26-12(2)27)9-25-20(23)16(11)10-30(28,29)18-8-14(21)3-4-17(18)22;1-11-15(13-5-6-24-19(7-13)26-12(2)27)9-25-20(22)16(11)10-30(28,29)18-4-3-14(21)8-17(18)23;1-13(27)24-19-10-15(7-8-22-19)16-9-18(20(21)23-11-16)30(28,29)25-17(12-26)14-5-3-2-4-6-14;1-9-12(8-21-16(18)15(9)17(24)25)11-3-5-20-14(7-11)23-13-4-6-19-10(2)22-13/h4-11H,1-3H3,(H,24,26,28);2*3-9H,10H2,1-2H3,(H,24,26,27);2-11,17,25-26H,12H2,1H3,(H,22,24,27);3-8H,1-2H3,(H,24,25)(H,19,20,22,23). The molecule has 5 amide bonds. The number of rotatable bonds is 25. The van der Waals surface area contributed by atoms with E-state index in [1.807, 2.05) is 0 Å². The summed E-state index contributed by atoms with van der Waals surface area (Å²) in [6.45, 7) is 13.7. The van der Waals surface area contributed by atoms with Crippen molar-refractivity contribution in [2.75, 3.05) is 45.1 Å². The Kier molecular flexibility index (Phi) is 37.5. The topological polar surface area (TPSA) is 475 Å². The van der Waals surface area contributed by atoms with Gasteiger partial charge in [0.1, 0.15) is 94.2 Å². The number of carbonyl (C=O) groups is 6. The maximum absolute atomic E-state index is 14.2. The first-order chi connectivity index (χ1) is 68.2. The van der Waals surface area contributed by atoms with Gasteiger partial charge in [-0.05, 0) is 212 Å². The monoisotopic (exact) mass is 2150 g/mol. The van der Waals surface area contributed by atoms with Crippen molar-refractivity contribution >= 4 is 187 Å². The molecule has 0 aliphatic rings. The molecule has 15 rings (SSSR count).